The maximum atomic E-state index is 12.5. The Morgan fingerprint density at radius 1 is 1.16 bits per heavy atom. The van der Waals surface area contributed by atoms with Crippen molar-refractivity contribution in [1.29, 1.82) is 0 Å². The summed E-state index contributed by atoms with van der Waals surface area (Å²) in [6, 6.07) is 14.5. The van der Waals surface area contributed by atoms with Crippen LogP contribution in [0.1, 0.15) is 0 Å². The van der Waals surface area contributed by atoms with Crippen LogP contribution in [-0.2, 0) is 9.59 Å². The fourth-order valence-electron chi connectivity index (χ4n) is 2.43. The average Bonchev–Trinajstić information content (AvgIpc) is 2.62. The van der Waals surface area contributed by atoms with E-state index in [0.29, 0.717) is 17.2 Å². The molecular weight excluding hydrogens is 388 g/mol. The van der Waals surface area contributed by atoms with Gasteiger partial charge in [0.2, 0.25) is 12.0 Å². The normalized spacial score (nSPS) is 15.4. The molecule has 7 heteroatoms. The molecule has 1 aliphatic rings. The summed E-state index contributed by atoms with van der Waals surface area (Å²) in [6.07, 6.45) is -0.767. The molecule has 0 aliphatic carbocycles. The summed E-state index contributed by atoms with van der Waals surface area (Å²) in [5.41, 5.74) is 0.652. The van der Waals surface area contributed by atoms with Crippen molar-refractivity contribution in [2.24, 2.45) is 0 Å². The Bertz CT molecular complexity index is 796. The minimum Gasteiger partial charge on any atom is -0.485 e. The van der Waals surface area contributed by atoms with Crippen LogP contribution >= 0.6 is 15.9 Å². The predicted molar refractivity (Wildman–Crippen MR) is 96.8 cm³/mol. The third-order valence-corrected chi connectivity index (χ3v) is 4.38. The van der Waals surface area contributed by atoms with Crippen LogP contribution in [0.4, 0.5) is 5.69 Å². The highest BCUT2D eigenvalue weighted by atomic mass is 79.9. The summed E-state index contributed by atoms with van der Waals surface area (Å²) in [4.78, 5) is 26.0. The van der Waals surface area contributed by atoms with E-state index in [1.807, 2.05) is 30.3 Å². The van der Waals surface area contributed by atoms with Crippen LogP contribution in [0.3, 0.4) is 0 Å². The first-order chi connectivity index (χ1) is 12.0. The van der Waals surface area contributed by atoms with E-state index in [1.54, 1.807) is 25.2 Å². The Hall–Kier alpha value is -2.54. The van der Waals surface area contributed by atoms with Gasteiger partial charge in [-0.15, -0.1) is 0 Å². The number of likely N-dealkylation sites (N-methyl/N-ethyl adjacent to an activating group) is 1. The van der Waals surface area contributed by atoms with Gasteiger partial charge >= 0.3 is 0 Å². The molecule has 1 atom stereocenters. The van der Waals surface area contributed by atoms with Gasteiger partial charge in [-0.05, 0) is 40.2 Å². The summed E-state index contributed by atoms with van der Waals surface area (Å²) < 4.78 is 12.0. The lowest BCUT2D eigenvalue weighted by molar-refractivity contribution is -0.141. The Labute approximate surface area is 153 Å². The van der Waals surface area contributed by atoms with Gasteiger partial charge in [-0.1, -0.05) is 24.3 Å². The number of carbonyl (C=O) groups is 2. The molecule has 0 saturated carbocycles. The first-order valence-electron chi connectivity index (χ1n) is 7.72. The third kappa shape index (κ3) is 4.11. The summed E-state index contributed by atoms with van der Waals surface area (Å²) in [6.45, 7) is 0.0354. The van der Waals surface area contributed by atoms with Crippen LogP contribution < -0.4 is 14.8 Å². The van der Waals surface area contributed by atoms with Crippen molar-refractivity contribution in [1.82, 2.24) is 4.90 Å². The minimum absolute atomic E-state index is 0.0817. The first-order valence-corrected chi connectivity index (χ1v) is 8.52. The molecule has 1 aliphatic heterocycles. The second-order valence-electron chi connectivity index (χ2n) is 5.59. The topological polar surface area (TPSA) is 67.9 Å². The summed E-state index contributed by atoms with van der Waals surface area (Å²) in [7, 11) is 1.56. The second-order valence-corrected chi connectivity index (χ2v) is 6.44. The number of nitrogens with one attached hydrogen (secondary N) is 1. The van der Waals surface area contributed by atoms with E-state index < -0.39 is 6.10 Å². The number of anilines is 1. The molecule has 2 aromatic rings. The van der Waals surface area contributed by atoms with E-state index in [-0.39, 0.29) is 25.0 Å². The van der Waals surface area contributed by atoms with E-state index >= 15 is 0 Å². The Balaban J connectivity index is 1.58. The molecule has 0 spiro atoms. The second kappa shape index (κ2) is 7.57. The number of benzene rings is 2. The molecule has 1 N–H and O–H groups in total. The van der Waals surface area contributed by atoms with E-state index in [0.717, 1.165) is 4.47 Å². The van der Waals surface area contributed by atoms with Crippen LogP contribution in [0.5, 0.6) is 11.5 Å². The summed E-state index contributed by atoms with van der Waals surface area (Å²) >= 11 is 3.37. The molecule has 2 amide bonds. The lowest BCUT2D eigenvalue weighted by atomic mass is 10.2. The van der Waals surface area contributed by atoms with E-state index in [2.05, 4.69) is 21.2 Å². The predicted octanol–water partition coefficient (Wildman–Crippen LogP) is 2.69. The standard InChI is InChI=1S/C18H17BrN2O4/c1-21(10-17(22)20-13-7-3-2-6-12(13)19)18(23)16-11-24-14-8-4-5-9-15(14)25-16/h2-9,16H,10-11H2,1H3,(H,20,22)/t16-/m0/s1. The van der Waals surface area contributed by atoms with E-state index in [4.69, 9.17) is 9.47 Å². The van der Waals surface area contributed by atoms with Gasteiger partial charge < -0.3 is 19.7 Å². The zero-order valence-corrected chi connectivity index (χ0v) is 15.2. The third-order valence-electron chi connectivity index (χ3n) is 3.69. The molecule has 6 nitrogen and oxygen atoms in total. The SMILES string of the molecule is CN(CC(=O)Nc1ccccc1Br)C(=O)[C@@H]1COc2ccccc2O1. The maximum Gasteiger partial charge on any atom is 0.267 e. The molecule has 2 aromatic carbocycles. The fraction of sp³-hybridized carbons (Fsp3) is 0.222. The van der Waals surface area contributed by atoms with Gasteiger partial charge in [0.05, 0.1) is 12.2 Å². The van der Waals surface area contributed by atoms with E-state index in [9.17, 15) is 9.59 Å². The van der Waals surface area contributed by atoms with Crippen LogP contribution in [0.2, 0.25) is 0 Å². The number of carbonyl (C=O) groups excluding carboxylic acids is 2. The van der Waals surface area contributed by atoms with Crippen LogP contribution in [-0.4, -0.2) is 43.0 Å². The van der Waals surface area contributed by atoms with Crippen molar-refractivity contribution in [2.45, 2.75) is 6.10 Å². The number of ether oxygens (including phenoxy) is 2. The van der Waals surface area contributed by atoms with Gasteiger partial charge in [0.25, 0.3) is 5.91 Å². The molecule has 25 heavy (non-hydrogen) atoms. The zero-order valence-electron chi connectivity index (χ0n) is 13.6. The van der Waals surface area contributed by atoms with Crippen LogP contribution in [0.15, 0.2) is 53.0 Å². The highest BCUT2D eigenvalue weighted by Gasteiger charge is 2.30. The number of para-hydroxylation sites is 3. The van der Waals surface area contributed by atoms with Gasteiger partial charge in [-0.3, -0.25) is 9.59 Å². The van der Waals surface area contributed by atoms with Gasteiger partial charge in [0.1, 0.15) is 6.61 Å². The number of hydrogen-bond acceptors (Lipinski definition) is 4. The van der Waals surface area contributed by atoms with Crippen molar-refractivity contribution in [2.75, 3.05) is 25.5 Å². The molecule has 0 fully saturated rings. The Morgan fingerprint density at radius 2 is 1.84 bits per heavy atom. The molecule has 0 aromatic heterocycles. The molecule has 0 bridgehead atoms. The van der Waals surface area contributed by atoms with Gasteiger partial charge in [0, 0.05) is 11.5 Å². The largest absolute Gasteiger partial charge is 0.485 e. The smallest absolute Gasteiger partial charge is 0.267 e. The quantitative estimate of drug-likeness (QED) is 0.850. The lowest BCUT2D eigenvalue weighted by Gasteiger charge is -2.28. The summed E-state index contributed by atoms with van der Waals surface area (Å²) in [5, 5.41) is 2.76. The van der Waals surface area contributed by atoms with Crippen LogP contribution in [0.25, 0.3) is 0 Å². The molecule has 130 valence electrons. The summed E-state index contributed by atoms with van der Waals surface area (Å²) in [5.74, 6) is 0.538. The monoisotopic (exact) mass is 404 g/mol. The Kier molecular flexibility index (Phi) is 5.23. The van der Waals surface area contributed by atoms with Gasteiger partial charge in [-0.25, -0.2) is 0 Å². The van der Waals surface area contributed by atoms with Gasteiger partial charge in [0.15, 0.2) is 11.5 Å². The number of halogens is 1. The van der Waals surface area contributed by atoms with Crippen LogP contribution in [0, 0.1) is 0 Å². The number of hydrogen-bond donors (Lipinski definition) is 1. The molecule has 1 heterocycles. The van der Waals surface area contributed by atoms with Crippen molar-refractivity contribution < 1.29 is 19.1 Å². The highest BCUT2D eigenvalue weighted by molar-refractivity contribution is 9.10. The number of fused-ring (bicyclic) bond motifs is 1. The van der Waals surface area contributed by atoms with Crippen molar-refractivity contribution in [3.8, 4) is 11.5 Å². The Morgan fingerprint density at radius 3 is 2.60 bits per heavy atom. The molecule has 3 rings (SSSR count). The number of rotatable bonds is 4. The highest BCUT2D eigenvalue weighted by Crippen LogP contribution is 2.31. The fourth-order valence-corrected chi connectivity index (χ4v) is 2.82. The molecule has 0 saturated heterocycles. The average molecular weight is 405 g/mol. The van der Waals surface area contributed by atoms with Gasteiger partial charge in [-0.2, -0.15) is 0 Å². The minimum atomic E-state index is -0.767. The zero-order chi connectivity index (χ0) is 17.8. The van der Waals surface area contributed by atoms with Crippen molar-refractivity contribution in [3.63, 3.8) is 0 Å². The first kappa shape index (κ1) is 17.3. The maximum absolute atomic E-state index is 12.5. The number of amides is 2. The van der Waals surface area contributed by atoms with Crippen molar-refractivity contribution >= 4 is 33.4 Å². The van der Waals surface area contributed by atoms with E-state index in [1.165, 1.54) is 4.90 Å². The molecule has 0 radical (unpaired) electrons. The van der Waals surface area contributed by atoms with Crippen molar-refractivity contribution in [3.05, 3.63) is 53.0 Å². The molecule has 0 unspecified atom stereocenters. The number of nitrogens with zero attached hydrogens (tertiary/aromatic N) is 1. The lowest BCUT2D eigenvalue weighted by Crippen LogP contribution is -2.47. The molecular formula is C18H17BrN2O4.